The summed E-state index contributed by atoms with van der Waals surface area (Å²) < 4.78 is 1.91. The van der Waals surface area contributed by atoms with E-state index in [9.17, 15) is 0 Å². The van der Waals surface area contributed by atoms with Gasteiger partial charge in [-0.15, -0.1) is 11.3 Å². The minimum absolute atomic E-state index is 0.268. The molecule has 0 fully saturated rings. The smallest absolute Gasteiger partial charge is 0.0828 e. The summed E-state index contributed by atoms with van der Waals surface area (Å²) in [6.45, 7) is 8.32. The normalized spacial score (nSPS) is 12.8. The first-order valence-corrected chi connectivity index (χ1v) is 6.55. The fourth-order valence-electron chi connectivity index (χ4n) is 1.99. The largest absolute Gasteiger partial charge is 0.375 e. The maximum atomic E-state index is 4.41. The Morgan fingerprint density at radius 1 is 1.29 bits per heavy atom. The maximum Gasteiger partial charge on any atom is 0.0828 e. The van der Waals surface area contributed by atoms with Crippen LogP contribution in [0.15, 0.2) is 5.51 Å². The first-order chi connectivity index (χ1) is 8.00. The van der Waals surface area contributed by atoms with E-state index in [1.165, 1.54) is 4.88 Å². The molecule has 0 radical (unpaired) electrons. The molecular formula is C12H18N4S. The number of anilines is 1. The number of aryl methyl sites for hydroxylation is 3. The highest BCUT2D eigenvalue weighted by atomic mass is 32.1. The van der Waals surface area contributed by atoms with Gasteiger partial charge in [0.05, 0.1) is 34.3 Å². The highest BCUT2D eigenvalue weighted by Crippen LogP contribution is 2.28. The van der Waals surface area contributed by atoms with Crippen LogP contribution in [0.2, 0.25) is 0 Å². The summed E-state index contributed by atoms with van der Waals surface area (Å²) in [7, 11) is 1.97. The summed E-state index contributed by atoms with van der Waals surface area (Å²) in [4.78, 5) is 5.57. The Morgan fingerprint density at radius 2 is 2.00 bits per heavy atom. The Bertz CT molecular complexity index is 527. The molecule has 1 N–H and O–H groups in total. The summed E-state index contributed by atoms with van der Waals surface area (Å²) in [5.41, 5.74) is 6.34. The van der Waals surface area contributed by atoms with Crippen LogP contribution >= 0.6 is 11.3 Å². The molecule has 0 saturated carbocycles. The first kappa shape index (κ1) is 12.1. The van der Waals surface area contributed by atoms with Crippen LogP contribution in [0.4, 0.5) is 5.69 Å². The molecule has 4 nitrogen and oxygen atoms in total. The molecule has 1 unspecified atom stereocenters. The number of aromatic nitrogens is 3. The van der Waals surface area contributed by atoms with E-state index < -0.39 is 0 Å². The molecule has 0 amide bonds. The zero-order chi connectivity index (χ0) is 12.6. The lowest BCUT2D eigenvalue weighted by Gasteiger charge is -2.14. The number of nitrogens with one attached hydrogen (secondary N) is 1. The molecule has 0 aliphatic heterocycles. The Hall–Kier alpha value is -1.36. The van der Waals surface area contributed by atoms with E-state index in [1.807, 2.05) is 31.1 Å². The number of thiazole rings is 1. The van der Waals surface area contributed by atoms with Gasteiger partial charge in [-0.05, 0) is 27.7 Å². The van der Waals surface area contributed by atoms with Crippen LogP contribution in [0.25, 0.3) is 0 Å². The van der Waals surface area contributed by atoms with Gasteiger partial charge < -0.3 is 5.32 Å². The molecular weight excluding hydrogens is 232 g/mol. The van der Waals surface area contributed by atoms with Gasteiger partial charge in [-0.25, -0.2) is 4.98 Å². The van der Waals surface area contributed by atoms with E-state index in [0.29, 0.717) is 0 Å². The van der Waals surface area contributed by atoms with E-state index >= 15 is 0 Å². The van der Waals surface area contributed by atoms with Gasteiger partial charge in [0.15, 0.2) is 0 Å². The van der Waals surface area contributed by atoms with Gasteiger partial charge in [-0.2, -0.15) is 5.10 Å². The molecule has 2 heterocycles. The first-order valence-electron chi connectivity index (χ1n) is 5.67. The zero-order valence-corrected chi connectivity index (χ0v) is 11.7. The van der Waals surface area contributed by atoms with Crippen molar-refractivity contribution in [2.45, 2.75) is 33.7 Å². The molecule has 0 spiro atoms. The number of hydrogen-bond donors (Lipinski definition) is 1. The van der Waals surface area contributed by atoms with Crippen LogP contribution in [0.1, 0.15) is 34.9 Å². The van der Waals surface area contributed by atoms with E-state index in [2.05, 4.69) is 29.2 Å². The fraction of sp³-hybridized carbons (Fsp3) is 0.500. The van der Waals surface area contributed by atoms with Crippen molar-refractivity contribution in [3.8, 4) is 0 Å². The number of nitrogens with zero attached hydrogens (tertiary/aromatic N) is 3. The van der Waals surface area contributed by atoms with Gasteiger partial charge in [-0.1, -0.05) is 0 Å². The van der Waals surface area contributed by atoms with Crippen molar-refractivity contribution in [1.82, 2.24) is 14.8 Å². The molecule has 5 heteroatoms. The Morgan fingerprint density at radius 3 is 2.47 bits per heavy atom. The summed E-state index contributed by atoms with van der Waals surface area (Å²) in [6.07, 6.45) is 0. The Kier molecular flexibility index (Phi) is 3.19. The van der Waals surface area contributed by atoms with Gasteiger partial charge in [0, 0.05) is 11.9 Å². The molecule has 92 valence electrons. The molecule has 0 saturated heterocycles. The second-order valence-electron chi connectivity index (χ2n) is 4.34. The third-order valence-corrected chi connectivity index (χ3v) is 4.16. The summed E-state index contributed by atoms with van der Waals surface area (Å²) in [5.74, 6) is 0. The summed E-state index contributed by atoms with van der Waals surface area (Å²) >= 11 is 1.69. The average molecular weight is 250 g/mol. The van der Waals surface area contributed by atoms with Crippen molar-refractivity contribution in [2.24, 2.45) is 7.05 Å². The zero-order valence-electron chi connectivity index (χ0n) is 10.9. The standard InChI is InChI=1S/C12H18N4S/c1-7-11(10(4)16(5)15-7)14-9(3)12-8(2)13-6-17-12/h6,9,14H,1-5H3. The lowest BCUT2D eigenvalue weighted by atomic mass is 10.2. The van der Waals surface area contributed by atoms with Crippen LogP contribution in [-0.2, 0) is 7.05 Å². The maximum absolute atomic E-state index is 4.41. The lowest BCUT2D eigenvalue weighted by Crippen LogP contribution is -2.08. The third kappa shape index (κ3) is 2.20. The summed E-state index contributed by atoms with van der Waals surface area (Å²) in [5, 5.41) is 7.94. The quantitative estimate of drug-likeness (QED) is 0.910. The average Bonchev–Trinajstić information content (AvgIpc) is 2.78. The second kappa shape index (κ2) is 4.49. The van der Waals surface area contributed by atoms with Crippen LogP contribution < -0.4 is 5.32 Å². The monoisotopic (exact) mass is 250 g/mol. The molecule has 2 aromatic rings. The van der Waals surface area contributed by atoms with Gasteiger partial charge in [-0.3, -0.25) is 4.68 Å². The molecule has 0 bridgehead atoms. The van der Waals surface area contributed by atoms with Crippen LogP contribution in [0.3, 0.4) is 0 Å². The topological polar surface area (TPSA) is 42.7 Å². The van der Waals surface area contributed by atoms with Crippen molar-refractivity contribution in [1.29, 1.82) is 0 Å². The molecule has 0 aliphatic rings. The molecule has 0 aromatic carbocycles. The van der Waals surface area contributed by atoms with Crippen LogP contribution in [0.5, 0.6) is 0 Å². The molecule has 17 heavy (non-hydrogen) atoms. The van der Waals surface area contributed by atoms with Crippen molar-refractivity contribution in [3.63, 3.8) is 0 Å². The second-order valence-corrected chi connectivity index (χ2v) is 5.22. The Balaban J connectivity index is 2.24. The highest BCUT2D eigenvalue weighted by Gasteiger charge is 2.15. The minimum atomic E-state index is 0.268. The lowest BCUT2D eigenvalue weighted by molar-refractivity contribution is 0.731. The third-order valence-electron chi connectivity index (χ3n) is 3.05. The van der Waals surface area contributed by atoms with E-state index in [0.717, 1.165) is 22.8 Å². The number of rotatable bonds is 3. The predicted molar refractivity (Wildman–Crippen MR) is 71.6 cm³/mol. The molecule has 0 aliphatic carbocycles. The van der Waals surface area contributed by atoms with Crippen molar-refractivity contribution >= 4 is 17.0 Å². The van der Waals surface area contributed by atoms with Gasteiger partial charge in [0.1, 0.15) is 0 Å². The van der Waals surface area contributed by atoms with Gasteiger partial charge in [0.2, 0.25) is 0 Å². The molecule has 1 atom stereocenters. The molecule has 2 rings (SSSR count). The summed E-state index contributed by atoms with van der Waals surface area (Å²) in [6, 6.07) is 0.268. The van der Waals surface area contributed by atoms with E-state index in [4.69, 9.17) is 0 Å². The molecule has 2 aromatic heterocycles. The highest BCUT2D eigenvalue weighted by molar-refractivity contribution is 7.09. The van der Waals surface area contributed by atoms with Crippen molar-refractivity contribution < 1.29 is 0 Å². The fourth-order valence-corrected chi connectivity index (χ4v) is 2.80. The van der Waals surface area contributed by atoms with Crippen molar-refractivity contribution in [3.05, 3.63) is 27.5 Å². The van der Waals surface area contributed by atoms with Crippen molar-refractivity contribution in [2.75, 3.05) is 5.32 Å². The Labute approximate surface area is 106 Å². The van der Waals surface area contributed by atoms with Gasteiger partial charge >= 0.3 is 0 Å². The number of hydrogen-bond acceptors (Lipinski definition) is 4. The van der Waals surface area contributed by atoms with E-state index in [-0.39, 0.29) is 6.04 Å². The minimum Gasteiger partial charge on any atom is -0.375 e. The van der Waals surface area contributed by atoms with Crippen LogP contribution in [0, 0.1) is 20.8 Å². The predicted octanol–water partition coefficient (Wildman–Crippen LogP) is 2.97. The van der Waals surface area contributed by atoms with E-state index in [1.54, 1.807) is 11.3 Å². The SMILES string of the molecule is Cc1ncsc1C(C)Nc1c(C)nn(C)c1C. The van der Waals surface area contributed by atoms with Crippen LogP contribution in [-0.4, -0.2) is 14.8 Å². The van der Waals surface area contributed by atoms with Gasteiger partial charge in [0.25, 0.3) is 0 Å².